The van der Waals surface area contributed by atoms with E-state index < -0.39 is 5.54 Å². The van der Waals surface area contributed by atoms with Gasteiger partial charge in [-0.15, -0.1) is 0 Å². The molecule has 1 atom stereocenters. The molecule has 94 valence electrons. The lowest BCUT2D eigenvalue weighted by atomic mass is 10.0. The van der Waals surface area contributed by atoms with Gasteiger partial charge in [0.1, 0.15) is 5.54 Å². The Morgan fingerprint density at radius 2 is 2.33 bits per heavy atom. The lowest BCUT2D eigenvalue weighted by molar-refractivity contribution is 0.166. The molecule has 1 saturated heterocycles. The predicted molar refractivity (Wildman–Crippen MR) is 62.6 cm³/mol. The Labute approximate surface area is 104 Å². The third-order valence-electron chi connectivity index (χ3n) is 3.01. The molecule has 0 saturated carbocycles. The van der Waals surface area contributed by atoms with Gasteiger partial charge in [-0.3, -0.25) is 4.98 Å². The third kappa shape index (κ3) is 2.12. The summed E-state index contributed by atoms with van der Waals surface area (Å²) in [7, 11) is 0. The number of hydrogen-bond acceptors (Lipinski definition) is 6. The van der Waals surface area contributed by atoms with E-state index in [9.17, 15) is 0 Å². The number of nitrogens with two attached hydrogens (primary N) is 1. The molecule has 0 amide bonds. The molecule has 0 aromatic carbocycles. The number of pyridine rings is 1. The summed E-state index contributed by atoms with van der Waals surface area (Å²) >= 11 is 0. The molecule has 2 aromatic rings. The highest BCUT2D eigenvalue weighted by Crippen LogP contribution is 2.26. The van der Waals surface area contributed by atoms with Crippen molar-refractivity contribution in [3.05, 3.63) is 41.8 Å². The van der Waals surface area contributed by atoms with Crippen LogP contribution in [0, 0.1) is 0 Å². The molecule has 2 aromatic heterocycles. The van der Waals surface area contributed by atoms with Crippen LogP contribution in [0.2, 0.25) is 0 Å². The standard InChI is InChI=1S/C12H14N4O2/c13-12(4-6-17-8-12)11-15-10(16-18-11)7-9-3-1-2-5-14-9/h1-3,5H,4,6-8,13H2. The summed E-state index contributed by atoms with van der Waals surface area (Å²) in [4.78, 5) is 8.56. The van der Waals surface area contributed by atoms with Gasteiger partial charge in [0.05, 0.1) is 13.0 Å². The SMILES string of the molecule is NC1(c2nc(Cc3ccccn3)no2)CCOC1. The van der Waals surface area contributed by atoms with Crippen molar-refractivity contribution in [3.63, 3.8) is 0 Å². The van der Waals surface area contributed by atoms with Crippen LogP contribution in [0.1, 0.15) is 23.8 Å². The molecular formula is C12H14N4O2. The van der Waals surface area contributed by atoms with E-state index in [1.54, 1.807) is 6.20 Å². The smallest absolute Gasteiger partial charge is 0.249 e. The monoisotopic (exact) mass is 246 g/mol. The lowest BCUT2D eigenvalue weighted by Crippen LogP contribution is -2.37. The second kappa shape index (κ2) is 4.47. The number of ether oxygens (including phenoxy) is 1. The van der Waals surface area contributed by atoms with Gasteiger partial charge in [-0.05, 0) is 18.6 Å². The highest BCUT2D eigenvalue weighted by atomic mass is 16.5. The van der Waals surface area contributed by atoms with Crippen molar-refractivity contribution in [1.82, 2.24) is 15.1 Å². The first kappa shape index (κ1) is 11.3. The molecule has 3 heterocycles. The van der Waals surface area contributed by atoms with E-state index in [0.717, 1.165) is 5.69 Å². The summed E-state index contributed by atoms with van der Waals surface area (Å²) < 4.78 is 10.5. The van der Waals surface area contributed by atoms with Crippen LogP contribution in [-0.4, -0.2) is 28.3 Å². The average Bonchev–Trinajstić information content (AvgIpc) is 3.01. The molecule has 0 aliphatic carbocycles. The van der Waals surface area contributed by atoms with Crippen LogP contribution in [0.15, 0.2) is 28.9 Å². The third-order valence-corrected chi connectivity index (χ3v) is 3.01. The van der Waals surface area contributed by atoms with Gasteiger partial charge in [0.15, 0.2) is 5.82 Å². The molecule has 0 radical (unpaired) electrons. The molecule has 6 heteroatoms. The Morgan fingerprint density at radius 3 is 3.06 bits per heavy atom. The zero-order chi connectivity index (χ0) is 12.4. The summed E-state index contributed by atoms with van der Waals surface area (Å²) in [5, 5.41) is 3.94. The topological polar surface area (TPSA) is 87.1 Å². The maximum Gasteiger partial charge on any atom is 0.249 e. The van der Waals surface area contributed by atoms with Crippen LogP contribution in [-0.2, 0) is 16.7 Å². The summed E-state index contributed by atoms with van der Waals surface area (Å²) in [6.45, 7) is 1.06. The Kier molecular flexibility index (Phi) is 2.81. The van der Waals surface area contributed by atoms with Gasteiger partial charge in [0.2, 0.25) is 5.89 Å². The van der Waals surface area contributed by atoms with Crippen LogP contribution in [0.3, 0.4) is 0 Å². The van der Waals surface area contributed by atoms with Gasteiger partial charge in [0, 0.05) is 18.5 Å². The fourth-order valence-corrected chi connectivity index (χ4v) is 1.94. The zero-order valence-corrected chi connectivity index (χ0v) is 9.87. The summed E-state index contributed by atoms with van der Waals surface area (Å²) in [5.74, 6) is 1.05. The van der Waals surface area contributed by atoms with Crippen LogP contribution >= 0.6 is 0 Å². The molecule has 18 heavy (non-hydrogen) atoms. The zero-order valence-electron chi connectivity index (χ0n) is 9.87. The van der Waals surface area contributed by atoms with Crippen LogP contribution in [0.25, 0.3) is 0 Å². The van der Waals surface area contributed by atoms with Gasteiger partial charge >= 0.3 is 0 Å². The van der Waals surface area contributed by atoms with Crippen molar-refractivity contribution in [2.45, 2.75) is 18.4 Å². The van der Waals surface area contributed by atoms with E-state index in [0.29, 0.717) is 37.8 Å². The first-order valence-corrected chi connectivity index (χ1v) is 5.86. The number of nitrogens with zero attached hydrogens (tertiary/aromatic N) is 3. The fourth-order valence-electron chi connectivity index (χ4n) is 1.94. The highest BCUT2D eigenvalue weighted by Gasteiger charge is 2.38. The molecule has 0 spiro atoms. The van der Waals surface area contributed by atoms with Crippen molar-refractivity contribution < 1.29 is 9.26 Å². The van der Waals surface area contributed by atoms with Gasteiger partial charge in [-0.25, -0.2) is 0 Å². The molecule has 6 nitrogen and oxygen atoms in total. The van der Waals surface area contributed by atoms with Crippen molar-refractivity contribution >= 4 is 0 Å². The number of hydrogen-bond donors (Lipinski definition) is 1. The van der Waals surface area contributed by atoms with Crippen molar-refractivity contribution in [1.29, 1.82) is 0 Å². The molecule has 2 N–H and O–H groups in total. The van der Waals surface area contributed by atoms with Crippen LogP contribution in [0.4, 0.5) is 0 Å². The van der Waals surface area contributed by atoms with Crippen LogP contribution < -0.4 is 5.73 Å². The lowest BCUT2D eigenvalue weighted by Gasteiger charge is -2.14. The summed E-state index contributed by atoms with van der Waals surface area (Å²) in [6.07, 6.45) is 2.99. The largest absolute Gasteiger partial charge is 0.379 e. The maximum atomic E-state index is 6.15. The Hall–Kier alpha value is -1.79. The first-order valence-electron chi connectivity index (χ1n) is 5.86. The van der Waals surface area contributed by atoms with E-state index in [-0.39, 0.29) is 0 Å². The van der Waals surface area contributed by atoms with Crippen molar-refractivity contribution in [2.75, 3.05) is 13.2 Å². The molecule has 1 fully saturated rings. The molecule has 1 unspecified atom stereocenters. The van der Waals surface area contributed by atoms with Crippen LogP contribution in [0.5, 0.6) is 0 Å². The van der Waals surface area contributed by atoms with Gasteiger partial charge < -0.3 is 15.0 Å². The first-order chi connectivity index (χ1) is 8.76. The number of rotatable bonds is 3. The second-order valence-electron chi connectivity index (χ2n) is 4.47. The summed E-state index contributed by atoms with van der Waals surface area (Å²) in [5.41, 5.74) is 6.42. The number of aromatic nitrogens is 3. The van der Waals surface area contributed by atoms with Gasteiger partial charge in [0.25, 0.3) is 0 Å². The minimum absolute atomic E-state index is 0.429. The quantitative estimate of drug-likeness (QED) is 0.854. The normalized spacial score (nSPS) is 23.4. The Balaban J connectivity index is 1.78. The average molecular weight is 246 g/mol. The fraction of sp³-hybridized carbons (Fsp3) is 0.417. The van der Waals surface area contributed by atoms with E-state index in [1.165, 1.54) is 0 Å². The molecular weight excluding hydrogens is 232 g/mol. The van der Waals surface area contributed by atoms with E-state index in [2.05, 4.69) is 15.1 Å². The summed E-state index contributed by atoms with van der Waals surface area (Å²) in [6, 6.07) is 5.72. The Morgan fingerprint density at radius 1 is 1.39 bits per heavy atom. The van der Waals surface area contributed by atoms with Crippen molar-refractivity contribution in [3.8, 4) is 0 Å². The molecule has 1 aliphatic rings. The van der Waals surface area contributed by atoms with E-state index >= 15 is 0 Å². The Bertz CT molecular complexity index is 520. The van der Waals surface area contributed by atoms with E-state index in [4.69, 9.17) is 15.0 Å². The molecule has 1 aliphatic heterocycles. The van der Waals surface area contributed by atoms with Crippen molar-refractivity contribution in [2.24, 2.45) is 5.73 Å². The van der Waals surface area contributed by atoms with E-state index in [1.807, 2.05) is 18.2 Å². The van der Waals surface area contributed by atoms with Gasteiger partial charge in [-0.2, -0.15) is 4.98 Å². The predicted octanol–water partition coefficient (Wildman–Crippen LogP) is 0.630. The molecule has 3 rings (SSSR count). The van der Waals surface area contributed by atoms with Gasteiger partial charge in [-0.1, -0.05) is 11.2 Å². The minimum Gasteiger partial charge on any atom is -0.379 e. The minimum atomic E-state index is -0.630. The second-order valence-corrected chi connectivity index (χ2v) is 4.47. The maximum absolute atomic E-state index is 6.15. The highest BCUT2D eigenvalue weighted by molar-refractivity contribution is 5.11. The molecule has 0 bridgehead atoms.